The van der Waals surface area contributed by atoms with Crippen molar-refractivity contribution in [3.63, 3.8) is 0 Å². The van der Waals surface area contributed by atoms with Gasteiger partial charge in [0.25, 0.3) is 0 Å². The molecule has 1 aromatic rings. The molecular formula is C12H9BrF3NO2. The Labute approximate surface area is 116 Å². The topological polar surface area (TPSA) is 50.1 Å². The maximum absolute atomic E-state index is 13.1. The number of alkyl halides is 4. The van der Waals surface area contributed by atoms with Gasteiger partial charge in [0.05, 0.1) is 23.3 Å². The van der Waals surface area contributed by atoms with Crippen molar-refractivity contribution in [3.05, 3.63) is 34.4 Å². The Balaban J connectivity index is 3.63. The van der Waals surface area contributed by atoms with E-state index in [1.54, 1.807) is 6.07 Å². The molecule has 102 valence electrons. The van der Waals surface area contributed by atoms with Crippen molar-refractivity contribution in [2.24, 2.45) is 0 Å². The van der Waals surface area contributed by atoms with Crippen molar-refractivity contribution in [1.82, 2.24) is 0 Å². The van der Waals surface area contributed by atoms with Gasteiger partial charge in [-0.15, -0.1) is 0 Å². The van der Waals surface area contributed by atoms with Gasteiger partial charge in [-0.1, -0.05) is 22.0 Å². The largest absolute Gasteiger partial charge is 0.462 e. The number of hydrogen-bond acceptors (Lipinski definition) is 3. The lowest BCUT2D eigenvalue weighted by atomic mass is 9.96. The van der Waals surface area contributed by atoms with E-state index in [0.29, 0.717) is 0 Å². The highest BCUT2D eigenvalue weighted by molar-refractivity contribution is 9.08. The zero-order chi connectivity index (χ0) is 14.6. The molecule has 3 nitrogen and oxygen atoms in total. The van der Waals surface area contributed by atoms with Gasteiger partial charge in [-0.25, -0.2) is 4.79 Å². The molecular weight excluding hydrogens is 327 g/mol. The van der Waals surface area contributed by atoms with Crippen LogP contribution in [0.3, 0.4) is 0 Å². The molecule has 0 aliphatic rings. The van der Waals surface area contributed by atoms with Crippen LogP contribution < -0.4 is 0 Å². The summed E-state index contributed by atoms with van der Waals surface area (Å²) in [6.45, 7) is 1.41. The maximum Gasteiger partial charge on any atom is 0.417 e. The third-order valence-corrected chi connectivity index (χ3v) is 2.92. The first-order valence-corrected chi connectivity index (χ1v) is 6.35. The Bertz CT molecular complexity index is 535. The SMILES string of the molecule is CCOC(=O)c1c(C#N)ccc(CBr)c1C(F)(F)F. The summed E-state index contributed by atoms with van der Waals surface area (Å²) in [5, 5.41) is 8.77. The van der Waals surface area contributed by atoms with Crippen molar-refractivity contribution < 1.29 is 22.7 Å². The molecule has 0 radical (unpaired) electrons. The molecule has 0 spiro atoms. The van der Waals surface area contributed by atoms with Crippen molar-refractivity contribution in [1.29, 1.82) is 5.26 Å². The molecule has 0 bridgehead atoms. The van der Waals surface area contributed by atoms with Crippen molar-refractivity contribution in [2.45, 2.75) is 18.4 Å². The van der Waals surface area contributed by atoms with Crippen molar-refractivity contribution >= 4 is 21.9 Å². The summed E-state index contributed by atoms with van der Waals surface area (Å²) in [6.07, 6.45) is -4.74. The van der Waals surface area contributed by atoms with Crippen LogP contribution in [0.25, 0.3) is 0 Å². The Morgan fingerprint density at radius 1 is 1.47 bits per heavy atom. The highest BCUT2D eigenvalue weighted by Gasteiger charge is 2.39. The number of ether oxygens (including phenoxy) is 1. The molecule has 0 saturated carbocycles. The quantitative estimate of drug-likeness (QED) is 0.625. The molecule has 0 aliphatic carbocycles. The van der Waals surface area contributed by atoms with E-state index >= 15 is 0 Å². The minimum Gasteiger partial charge on any atom is -0.462 e. The third kappa shape index (κ3) is 3.26. The summed E-state index contributed by atoms with van der Waals surface area (Å²) in [5.41, 5.74) is -2.32. The highest BCUT2D eigenvalue weighted by Crippen LogP contribution is 2.37. The van der Waals surface area contributed by atoms with Gasteiger partial charge in [0.2, 0.25) is 0 Å². The molecule has 7 heteroatoms. The number of halogens is 4. The summed E-state index contributed by atoms with van der Waals surface area (Å²) >= 11 is 2.93. The predicted octanol–water partition coefficient (Wildman–Crippen LogP) is 3.65. The van der Waals surface area contributed by atoms with E-state index in [4.69, 9.17) is 5.26 Å². The summed E-state index contributed by atoms with van der Waals surface area (Å²) in [4.78, 5) is 11.7. The fourth-order valence-electron chi connectivity index (χ4n) is 1.59. The van der Waals surface area contributed by atoms with Gasteiger partial charge < -0.3 is 4.74 Å². The molecule has 0 amide bonds. The smallest absolute Gasteiger partial charge is 0.417 e. The van der Waals surface area contributed by atoms with Crippen LogP contribution in [0.2, 0.25) is 0 Å². The first-order valence-electron chi connectivity index (χ1n) is 5.23. The highest BCUT2D eigenvalue weighted by atomic mass is 79.9. The molecule has 0 unspecified atom stereocenters. The van der Waals surface area contributed by atoms with E-state index in [9.17, 15) is 18.0 Å². The fourth-order valence-corrected chi connectivity index (χ4v) is 2.06. The number of benzene rings is 1. The van der Waals surface area contributed by atoms with Gasteiger partial charge >= 0.3 is 12.1 Å². The number of rotatable bonds is 3. The number of hydrogen-bond donors (Lipinski definition) is 0. The molecule has 0 heterocycles. The van der Waals surface area contributed by atoms with E-state index in [1.807, 2.05) is 0 Å². The fraction of sp³-hybridized carbons (Fsp3) is 0.333. The van der Waals surface area contributed by atoms with Gasteiger partial charge in [-0.3, -0.25) is 0 Å². The molecule has 1 aromatic carbocycles. The maximum atomic E-state index is 13.1. The Morgan fingerprint density at radius 2 is 2.11 bits per heavy atom. The molecule has 0 N–H and O–H groups in total. The van der Waals surface area contributed by atoms with Gasteiger partial charge in [0, 0.05) is 5.33 Å². The number of carbonyl (C=O) groups excluding carboxylic acids is 1. The number of esters is 1. The monoisotopic (exact) mass is 335 g/mol. The van der Waals surface area contributed by atoms with Crippen LogP contribution in [-0.4, -0.2) is 12.6 Å². The van der Waals surface area contributed by atoms with E-state index < -0.39 is 23.3 Å². The Hall–Kier alpha value is -1.55. The van der Waals surface area contributed by atoms with Gasteiger partial charge in [0.1, 0.15) is 6.07 Å². The number of carbonyl (C=O) groups is 1. The summed E-state index contributed by atoms with van der Waals surface area (Å²) in [6, 6.07) is 3.93. The average molecular weight is 336 g/mol. The van der Waals surface area contributed by atoms with Crippen molar-refractivity contribution in [2.75, 3.05) is 6.61 Å². The van der Waals surface area contributed by atoms with E-state index in [-0.39, 0.29) is 23.1 Å². The minimum absolute atomic E-state index is 0.0699. The zero-order valence-corrected chi connectivity index (χ0v) is 11.4. The van der Waals surface area contributed by atoms with E-state index in [0.717, 1.165) is 0 Å². The molecule has 0 atom stereocenters. The van der Waals surface area contributed by atoms with Crippen LogP contribution in [0.4, 0.5) is 13.2 Å². The second kappa shape index (κ2) is 6.06. The van der Waals surface area contributed by atoms with Gasteiger partial charge in [-0.2, -0.15) is 18.4 Å². The van der Waals surface area contributed by atoms with Crippen LogP contribution in [-0.2, 0) is 16.2 Å². The molecule has 0 aromatic heterocycles. The Kier molecular flexibility index (Phi) is 4.95. The average Bonchev–Trinajstić information content (AvgIpc) is 2.36. The lowest BCUT2D eigenvalue weighted by Crippen LogP contribution is -2.19. The molecule has 0 fully saturated rings. The summed E-state index contributed by atoms with van der Waals surface area (Å²) in [7, 11) is 0. The normalized spacial score (nSPS) is 10.9. The second-order valence-electron chi connectivity index (χ2n) is 3.49. The first kappa shape index (κ1) is 15.5. The lowest BCUT2D eigenvalue weighted by molar-refractivity contribution is -0.138. The standard InChI is InChI=1S/C12H9BrF3NO2/c1-2-19-11(18)9-8(6-17)4-3-7(5-13)10(9)12(14,15)16/h3-4H,2,5H2,1H3. The third-order valence-electron chi connectivity index (χ3n) is 2.32. The molecule has 1 rings (SSSR count). The minimum atomic E-state index is -4.74. The van der Waals surface area contributed by atoms with Crippen LogP contribution in [0.15, 0.2) is 12.1 Å². The number of nitriles is 1. The first-order chi connectivity index (χ1) is 8.86. The predicted molar refractivity (Wildman–Crippen MR) is 64.7 cm³/mol. The van der Waals surface area contributed by atoms with Crippen LogP contribution in [0.1, 0.15) is 34.0 Å². The second-order valence-corrected chi connectivity index (χ2v) is 4.05. The van der Waals surface area contributed by atoms with Crippen LogP contribution in [0.5, 0.6) is 0 Å². The molecule has 19 heavy (non-hydrogen) atoms. The zero-order valence-electron chi connectivity index (χ0n) is 9.84. The number of nitrogens with zero attached hydrogens (tertiary/aromatic N) is 1. The van der Waals surface area contributed by atoms with Gasteiger partial charge in [-0.05, 0) is 18.6 Å². The van der Waals surface area contributed by atoms with E-state index in [2.05, 4.69) is 20.7 Å². The summed E-state index contributed by atoms with van der Waals surface area (Å²) < 4.78 is 43.8. The molecule has 0 saturated heterocycles. The lowest BCUT2D eigenvalue weighted by Gasteiger charge is -2.16. The van der Waals surface area contributed by atoms with Crippen LogP contribution >= 0.6 is 15.9 Å². The molecule has 0 aliphatic heterocycles. The Morgan fingerprint density at radius 3 is 2.53 bits per heavy atom. The van der Waals surface area contributed by atoms with Gasteiger partial charge in [0.15, 0.2) is 0 Å². The summed E-state index contributed by atoms with van der Waals surface area (Å²) in [5.74, 6) is -1.14. The van der Waals surface area contributed by atoms with Crippen molar-refractivity contribution in [3.8, 4) is 6.07 Å². The van der Waals surface area contributed by atoms with E-state index in [1.165, 1.54) is 19.1 Å². The van der Waals surface area contributed by atoms with Crippen LogP contribution in [0, 0.1) is 11.3 Å².